The molecule has 0 aliphatic rings. The molecule has 1 heterocycles. The lowest BCUT2D eigenvalue weighted by Crippen LogP contribution is -2.22. The number of benzene rings is 1. The zero-order valence-electron chi connectivity index (χ0n) is 18.3. The molecule has 1 aromatic heterocycles. The number of methoxy groups -OCH3 is 1. The van der Waals surface area contributed by atoms with Gasteiger partial charge in [-0.3, -0.25) is 11.1 Å². The number of allylic oxidation sites excluding steroid dienone is 1. The van der Waals surface area contributed by atoms with Gasteiger partial charge in [-0.1, -0.05) is 57.4 Å². The van der Waals surface area contributed by atoms with Crippen LogP contribution in [-0.4, -0.2) is 29.2 Å². The number of nitrogens with two attached hydrogens (primary N) is 1. The molecule has 0 spiro atoms. The van der Waals surface area contributed by atoms with Crippen molar-refractivity contribution in [3.63, 3.8) is 0 Å². The lowest BCUT2D eigenvalue weighted by atomic mass is 10.1. The van der Waals surface area contributed by atoms with Gasteiger partial charge in [0.15, 0.2) is 5.90 Å². The first-order chi connectivity index (χ1) is 14.5. The largest absolute Gasteiger partial charge is 0.479 e. The highest BCUT2D eigenvalue weighted by molar-refractivity contribution is 5.73. The molecule has 6 heteroatoms. The van der Waals surface area contributed by atoms with E-state index in [0.29, 0.717) is 35.8 Å². The summed E-state index contributed by atoms with van der Waals surface area (Å²) in [5.41, 5.74) is 9.33. The van der Waals surface area contributed by atoms with Crippen molar-refractivity contribution in [1.29, 1.82) is 5.41 Å². The minimum absolute atomic E-state index is 0.188. The van der Waals surface area contributed by atoms with E-state index in [0.717, 1.165) is 11.1 Å². The molecular weight excluding hydrogens is 376 g/mol. The molecule has 0 aliphatic carbocycles. The molecule has 30 heavy (non-hydrogen) atoms. The SMILES string of the molecule is C=Cc1nc(OC)c(-c2cccc(/C=C/CCC(=N)OC(C)N)c2)nc1C=C.CC. The Labute approximate surface area is 179 Å². The van der Waals surface area contributed by atoms with Crippen molar-refractivity contribution in [2.24, 2.45) is 5.73 Å². The van der Waals surface area contributed by atoms with Crippen molar-refractivity contribution in [1.82, 2.24) is 9.97 Å². The van der Waals surface area contributed by atoms with E-state index in [1.165, 1.54) is 0 Å². The molecule has 6 nitrogen and oxygen atoms in total. The molecule has 0 saturated carbocycles. The highest BCUT2D eigenvalue weighted by Gasteiger charge is 2.13. The van der Waals surface area contributed by atoms with Gasteiger partial charge in [-0.05, 0) is 37.1 Å². The normalized spacial score (nSPS) is 11.2. The molecule has 1 aromatic carbocycles. The fraction of sp³-hybridized carbons (Fsp3) is 0.292. The Morgan fingerprint density at radius 2 is 1.87 bits per heavy atom. The van der Waals surface area contributed by atoms with Gasteiger partial charge in [0.25, 0.3) is 0 Å². The topological polar surface area (TPSA) is 94.1 Å². The van der Waals surface area contributed by atoms with Crippen LogP contribution in [0, 0.1) is 5.41 Å². The predicted octanol–water partition coefficient (Wildman–Crippen LogP) is 5.56. The van der Waals surface area contributed by atoms with Crippen LogP contribution in [0.2, 0.25) is 0 Å². The summed E-state index contributed by atoms with van der Waals surface area (Å²) < 4.78 is 10.5. The molecular formula is C24H32N4O2. The minimum Gasteiger partial charge on any atom is -0.479 e. The van der Waals surface area contributed by atoms with Crippen molar-refractivity contribution in [2.45, 2.75) is 39.8 Å². The maximum absolute atomic E-state index is 7.68. The average molecular weight is 409 g/mol. The van der Waals surface area contributed by atoms with Crippen LogP contribution in [0.4, 0.5) is 0 Å². The molecule has 1 unspecified atom stereocenters. The van der Waals surface area contributed by atoms with Gasteiger partial charge in [0, 0.05) is 12.0 Å². The van der Waals surface area contributed by atoms with Crippen LogP contribution >= 0.6 is 0 Å². The number of nitrogens with one attached hydrogen (secondary N) is 1. The smallest absolute Gasteiger partial charge is 0.240 e. The van der Waals surface area contributed by atoms with Crippen LogP contribution in [0.3, 0.4) is 0 Å². The minimum atomic E-state index is -0.461. The Balaban J connectivity index is 0.00000218. The first-order valence-corrected chi connectivity index (χ1v) is 9.96. The second-order valence-electron chi connectivity index (χ2n) is 6.07. The van der Waals surface area contributed by atoms with E-state index in [1.807, 2.05) is 50.3 Å². The van der Waals surface area contributed by atoms with Gasteiger partial charge < -0.3 is 9.47 Å². The summed E-state index contributed by atoms with van der Waals surface area (Å²) in [6.07, 6.45) is 8.00. The van der Waals surface area contributed by atoms with Crippen LogP contribution in [0.25, 0.3) is 29.5 Å². The quantitative estimate of drug-likeness (QED) is 0.322. The van der Waals surface area contributed by atoms with E-state index in [-0.39, 0.29) is 5.90 Å². The Bertz CT molecular complexity index is 889. The van der Waals surface area contributed by atoms with Gasteiger partial charge in [0.05, 0.1) is 18.5 Å². The maximum Gasteiger partial charge on any atom is 0.240 e. The van der Waals surface area contributed by atoms with Crippen molar-refractivity contribution >= 4 is 24.1 Å². The molecule has 3 N–H and O–H groups in total. The summed E-state index contributed by atoms with van der Waals surface area (Å²) in [4.78, 5) is 9.10. The molecule has 2 aromatic rings. The number of rotatable bonds is 9. The summed E-state index contributed by atoms with van der Waals surface area (Å²) >= 11 is 0. The average Bonchev–Trinajstić information content (AvgIpc) is 2.76. The molecule has 0 saturated heterocycles. The van der Waals surface area contributed by atoms with Crippen molar-refractivity contribution in [2.75, 3.05) is 7.11 Å². The van der Waals surface area contributed by atoms with Crippen LogP contribution in [0.1, 0.15) is 50.6 Å². The highest BCUT2D eigenvalue weighted by Crippen LogP contribution is 2.29. The van der Waals surface area contributed by atoms with E-state index in [9.17, 15) is 0 Å². The summed E-state index contributed by atoms with van der Waals surface area (Å²) in [6.45, 7) is 13.2. The lowest BCUT2D eigenvalue weighted by molar-refractivity contribution is 0.207. The Morgan fingerprint density at radius 3 is 2.47 bits per heavy atom. The molecule has 2 rings (SSSR count). The lowest BCUT2D eigenvalue weighted by Gasteiger charge is -2.11. The number of nitrogens with zero attached hydrogens (tertiary/aromatic N) is 2. The second kappa shape index (κ2) is 13.1. The van der Waals surface area contributed by atoms with E-state index >= 15 is 0 Å². The van der Waals surface area contributed by atoms with Gasteiger partial charge >= 0.3 is 0 Å². The Kier molecular flexibility index (Phi) is 10.8. The monoisotopic (exact) mass is 408 g/mol. The van der Waals surface area contributed by atoms with E-state index in [4.69, 9.17) is 20.6 Å². The fourth-order valence-corrected chi connectivity index (χ4v) is 2.58. The molecule has 0 aliphatic heterocycles. The molecule has 0 fully saturated rings. The van der Waals surface area contributed by atoms with Gasteiger partial charge in [-0.2, -0.15) is 0 Å². The first kappa shape index (κ1) is 24.8. The first-order valence-electron chi connectivity index (χ1n) is 9.96. The molecule has 0 amide bonds. The molecule has 0 radical (unpaired) electrons. The summed E-state index contributed by atoms with van der Waals surface area (Å²) in [6, 6.07) is 7.91. The molecule has 0 bridgehead atoms. The van der Waals surface area contributed by atoms with Gasteiger partial charge in [0.2, 0.25) is 5.88 Å². The van der Waals surface area contributed by atoms with Crippen LogP contribution < -0.4 is 10.5 Å². The second-order valence-corrected chi connectivity index (χ2v) is 6.07. The Morgan fingerprint density at radius 1 is 1.20 bits per heavy atom. The third-order valence-electron chi connectivity index (χ3n) is 3.84. The van der Waals surface area contributed by atoms with Crippen molar-refractivity contribution in [3.05, 3.63) is 60.5 Å². The van der Waals surface area contributed by atoms with Gasteiger partial charge in [0.1, 0.15) is 11.9 Å². The van der Waals surface area contributed by atoms with Crippen LogP contribution in [0.15, 0.2) is 43.5 Å². The van der Waals surface area contributed by atoms with Crippen LogP contribution in [0.5, 0.6) is 5.88 Å². The van der Waals surface area contributed by atoms with E-state index in [1.54, 1.807) is 26.2 Å². The summed E-state index contributed by atoms with van der Waals surface area (Å²) in [7, 11) is 1.57. The number of hydrogen-bond acceptors (Lipinski definition) is 6. The van der Waals surface area contributed by atoms with E-state index in [2.05, 4.69) is 23.1 Å². The van der Waals surface area contributed by atoms with Crippen LogP contribution in [-0.2, 0) is 4.74 Å². The number of ether oxygens (including phenoxy) is 2. The highest BCUT2D eigenvalue weighted by atomic mass is 16.5. The summed E-state index contributed by atoms with van der Waals surface area (Å²) in [5, 5.41) is 7.68. The van der Waals surface area contributed by atoms with Crippen molar-refractivity contribution in [3.8, 4) is 17.1 Å². The van der Waals surface area contributed by atoms with Gasteiger partial charge in [-0.25, -0.2) is 9.97 Å². The molecule has 1 atom stereocenters. The summed E-state index contributed by atoms with van der Waals surface area (Å²) in [5.74, 6) is 0.621. The van der Waals surface area contributed by atoms with Gasteiger partial charge in [-0.15, -0.1) is 0 Å². The third kappa shape index (κ3) is 7.29. The third-order valence-corrected chi connectivity index (χ3v) is 3.84. The van der Waals surface area contributed by atoms with E-state index < -0.39 is 6.23 Å². The zero-order valence-corrected chi connectivity index (χ0v) is 18.3. The number of aromatic nitrogens is 2. The predicted molar refractivity (Wildman–Crippen MR) is 126 cm³/mol. The zero-order chi connectivity index (χ0) is 22.5. The fourth-order valence-electron chi connectivity index (χ4n) is 2.58. The Hall–Kier alpha value is -3.25. The number of hydrogen-bond donors (Lipinski definition) is 2. The molecule has 160 valence electrons. The maximum atomic E-state index is 7.68. The standard InChI is InChI=1S/C22H26N4O2.C2H6/c1-5-18-19(6-2)26-22(27-4)21(25-18)17-12-9-11-16(14-17)10-7-8-13-20(24)28-15(3)23;1-2/h5-7,9-12,14-15,24H,1-2,8,13,23H2,3-4H3;1-2H3/b10-7+,24-20?;. The van der Waals surface area contributed by atoms with Crippen molar-refractivity contribution < 1.29 is 9.47 Å².